The van der Waals surface area contributed by atoms with Crippen LogP contribution >= 0.6 is 0 Å². The van der Waals surface area contributed by atoms with E-state index in [1.807, 2.05) is 20.8 Å². The van der Waals surface area contributed by atoms with Gasteiger partial charge in [0, 0.05) is 0 Å². The Morgan fingerprint density at radius 2 is 2.00 bits per heavy atom. The van der Waals surface area contributed by atoms with Crippen LogP contribution in [0.15, 0.2) is 0 Å². The van der Waals surface area contributed by atoms with Crippen LogP contribution in [0.1, 0.15) is 34.6 Å². The summed E-state index contributed by atoms with van der Waals surface area (Å²) < 4.78 is 5.34. The molecule has 0 aromatic heterocycles. The van der Waals surface area contributed by atoms with E-state index in [-0.39, 0.29) is 11.6 Å². The number of rotatable bonds is 0. The lowest BCUT2D eigenvalue weighted by molar-refractivity contribution is -0.728. The van der Waals surface area contributed by atoms with E-state index in [0.29, 0.717) is 0 Å². The van der Waals surface area contributed by atoms with Gasteiger partial charge in [0.2, 0.25) is 0 Å². The van der Waals surface area contributed by atoms with Gasteiger partial charge >= 0.3 is 6.09 Å². The zero-order valence-corrected chi connectivity index (χ0v) is 10.5. The summed E-state index contributed by atoms with van der Waals surface area (Å²) in [5.41, 5.74) is -0.294. The molecule has 1 heterocycles. The summed E-state index contributed by atoms with van der Waals surface area (Å²) in [5.74, 6) is 0. The van der Waals surface area contributed by atoms with Crippen molar-refractivity contribution in [1.29, 1.82) is 0 Å². The molecule has 1 saturated heterocycles. The van der Waals surface area contributed by atoms with Crippen molar-refractivity contribution in [2.75, 3.05) is 19.6 Å². The van der Waals surface area contributed by atoms with Crippen LogP contribution in [0.4, 0.5) is 4.79 Å². The second kappa shape index (κ2) is 4.00. The average molecular weight is 215 g/mol. The first kappa shape index (κ1) is 12.3. The first-order valence-corrected chi connectivity index (χ1v) is 5.52. The van der Waals surface area contributed by atoms with Crippen molar-refractivity contribution in [1.82, 2.24) is 4.90 Å². The topological polar surface area (TPSA) is 46.2 Å². The van der Waals surface area contributed by atoms with Gasteiger partial charge in [-0.15, -0.1) is 0 Å². The molecule has 0 aromatic rings. The maximum Gasteiger partial charge on any atom is 0.410 e. The van der Waals surface area contributed by atoms with Gasteiger partial charge in [-0.25, -0.2) is 4.79 Å². The van der Waals surface area contributed by atoms with Crippen molar-refractivity contribution < 1.29 is 14.8 Å². The number of nitrogens with two attached hydrogens (primary N) is 1. The number of piperazine rings is 1. The number of ether oxygens (including phenoxy) is 1. The molecule has 0 aliphatic carbocycles. The number of hydrogen-bond donors (Lipinski definition) is 1. The van der Waals surface area contributed by atoms with Crippen LogP contribution in [-0.2, 0) is 4.74 Å². The van der Waals surface area contributed by atoms with Crippen LogP contribution in [0.5, 0.6) is 0 Å². The quantitative estimate of drug-likeness (QED) is 0.642. The molecule has 1 aliphatic heterocycles. The number of hydrogen-bond acceptors (Lipinski definition) is 2. The van der Waals surface area contributed by atoms with Gasteiger partial charge in [-0.3, -0.25) is 4.90 Å². The van der Waals surface area contributed by atoms with Crippen molar-refractivity contribution >= 4 is 6.09 Å². The minimum Gasteiger partial charge on any atom is -0.444 e. The summed E-state index contributed by atoms with van der Waals surface area (Å²) in [5, 5.41) is 2.27. The molecule has 1 fully saturated rings. The molecular weight excluding hydrogens is 192 g/mol. The van der Waals surface area contributed by atoms with Crippen LogP contribution in [0.25, 0.3) is 0 Å². The van der Waals surface area contributed by atoms with Crippen LogP contribution in [0.3, 0.4) is 0 Å². The third-order valence-electron chi connectivity index (χ3n) is 2.35. The van der Waals surface area contributed by atoms with E-state index >= 15 is 0 Å². The van der Waals surface area contributed by atoms with Crippen LogP contribution in [0.2, 0.25) is 0 Å². The lowest BCUT2D eigenvalue weighted by atomic mass is 10.0. The molecule has 0 saturated carbocycles. The van der Waals surface area contributed by atoms with E-state index < -0.39 is 5.60 Å². The van der Waals surface area contributed by atoms with E-state index in [1.165, 1.54) is 0 Å². The summed E-state index contributed by atoms with van der Waals surface area (Å²) in [6, 6.07) is 0. The molecule has 15 heavy (non-hydrogen) atoms. The summed E-state index contributed by atoms with van der Waals surface area (Å²) in [7, 11) is 0. The summed E-state index contributed by atoms with van der Waals surface area (Å²) >= 11 is 0. The van der Waals surface area contributed by atoms with Gasteiger partial charge in [0.1, 0.15) is 11.1 Å². The molecule has 0 unspecified atom stereocenters. The Bertz CT molecular complexity index is 243. The van der Waals surface area contributed by atoms with Gasteiger partial charge in [-0.1, -0.05) is 0 Å². The van der Waals surface area contributed by atoms with Crippen molar-refractivity contribution in [2.45, 2.75) is 45.8 Å². The highest BCUT2D eigenvalue weighted by Crippen LogP contribution is 2.12. The number of carbonyl (C=O) groups excluding carboxylic acids is 1. The number of quaternary nitrogens is 1. The Balaban J connectivity index is 2.53. The van der Waals surface area contributed by atoms with Crippen LogP contribution in [-0.4, -0.2) is 41.8 Å². The summed E-state index contributed by atoms with van der Waals surface area (Å²) in [4.78, 5) is 13.6. The second-order valence-electron chi connectivity index (χ2n) is 5.88. The maximum absolute atomic E-state index is 11.8. The van der Waals surface area contributed by atoms with E-state index in [2.05, 4.69) is 19.2 Å². The standard InChI is InChI=1S/C11H22N2O2/c1-10(2,3)15-9(14)13-7-6-12-11(4,5)8-13/h12H,6-8H2,1-5H3/p+1. The Morgan fingerprint density at radius 3 is 2.47 bits per heavy atom. The number of amides is 1. The van der Waals surface area contributed by atoms with Crippen LogP contribution < -0.4 is 5.32 Å². The molecule has 0 bridgehead atoms. The SMILES string of the molecule is CC1(C)CN(C(=O)OC(C)(C)C)CC[NH2+]1. The van der Waals surface area contributed by atoms with E-state index in [1.54, 1.807) is 4.90 Å². The van der Waals surface area contributed by atoms with Gasteiger partial charge in [0.15, 0.2) is 0 Å². The largest absolute Gasteiger partial charge is 0.444 e. The Labute approximate surface area is 92.0 Å². The second-order valence-corrected chi connectivity index (χ2v) is 5.88. The van der Waals surface area contributed by atoms with Crippen molar-refractivity contribution in [3.63, 3.8) is 0 Å². The molecular formula is C11H23N2O2+. The smallest absolute Gasteiger partial charge is 0.410 e. The van der Waals surface area contributed by atoms with E-state index in [9.17, 15) is 4.79 Å². The lowest BCUT2D eigenvalue weighted by Gasteiger charge is -2.36. The van der Waals surface area contributed by atoms with Crippen LogP contribution in [0, 0.1) is 0 Å². The first-order chi connectivity index (χ1) is 6.70. The predicted octanol–water partition coefficient (Wildman–Crippen LogP) is 0.579. The highest BCUT2D eigenvalue weighted by molar-refractivity contribution is 5.68. The Kier molecular flexibility index (Phi) is 3.28. The fourth-order valence-corrected chi connectivity index (χ4v) is 1.73. The molecule has 0 atom stereocenters. The minimum absolute atomic E-state index is 0.106. The fourth-order valence-electron chi connectivity index (χ4n) is 1.73. The van der Waals surface area contributed by atoms with Crippen molar-refractivity contribution in [2.24, 2.45) is 0 Å². The molecule has 4 heteroatoms. The summed E-state index contributed by atoms with van der Waals surface area (Å²) in [6.07, 6.45) is -0.191. The molecule has 88 valence electrons. The molecule has 4 nitrogen and oxygen atoms in total. The molecule has 0 spiro atoms. The van der Waals surface area contributed by atoms with Gasteiger partial charge in [0.25, 0.3) is 0 Å². The average Bonchev–Trinajstić information content (AvgIpc) is 1.99. The third-order valence-corrected chi connectivity index (χ3v) is 2.35. The molecule has 1 amide bonds. The highest BCUT2D eigenvalue weighted by atomic mass is 16.6. The Hall–Kier alpha value is -0.770. The zero-order chi connectivity index (χ0) is 11.7. The van der Waals surface area contributed by atoms with Gasteiger partial charge in [-0.2, -0.15) is 0 Å². The molecule has 1 aliphatic rings. The molecule has 1 rings (SSSR count). The number of carbonyl (C=O) groups is 1. The fraction of sp³-hybridized carbons (Fsp3) is 0.909. The lowest BCUT2D eigenvalue weighted by Crippen LogP contribution is -3.00. The zero-order valence-electron chi connectivity index (χ0n) is 10.5. The number of nitrogens with zero attached hydrogens (tertiary/aromatic N) is 1. The predicted molar refractivity (Wildman–Crippen MR) is 58.7 cm³/mol. The minimum atomic E-state index is -0.400. The normalized spacial score (nSPS) is 21.3. The maximum atomic E-state index is 11.8. The van der Waals surface area contributed by atoms with Gasteiger partial charge in [0.05, 0.1) is 19.6 Å². The van der Waals surface area contributed by atoms with Gasteiger partial charge < -0.3 is 10.1 Å². The van der Waals surface area contributed by atoms with Crippen molar-refractivity contribution in [3.8, 4) is 0 Å². The van der Waals surface area contributed by atoms with Crippen molar-refractivity contribution in [3.05, 3.63) is 0 Å². The molecule has 0 radical (unpaired) electrons. The summed E-state index contributed by atoms with van der Waals surface area (Å²) in [6.45, 7) is 12.4. The van der Waals surface area contributed by atoms with Gasteiger partial charge in [-0.05, 0) is 34.6 Å². The highest BCUT2D eigenvalue weighted by Gasteiger charge is 2.34. The third kappa shape index (κ3) is 4.08. The van der Waals surface area contributed by atoms with E-state index in [0.717, 1.165) is 19.6 Å². The first-order valence-electron chi connectivity index (χ1n) is 5.52. The van der Waals surface area contributed by atoms with E-state index in [4.69, 9.17) is 4.74 Å². The molecule has 0 aromatic carbocycles. The monoisotopic (exact) mass is 215 g/mol. The molecule has 2 N–H and O–H groups in total. The Morgan fingerprint density at radius 1 is 1.40 bits per heavy atom.